The topological polar surface area (TPSA) is 79.3 Å². The van der Waals surface area contributed by atoms with Gasteiger partial charge in [0.15, 0.2) is 11.5 Å². The molecule has 7 nitrogen and oxygen atoms in total. The molecule has 0 saturated carbocycles. The third-order valence-corrected chi connectivity index (χ3v) is 7.55. The Bertz CT molecular complexity index is 1070. The number of halogens is 1. The van der Waals surface area contributed by atoms with Gasteiger partial charge in [-0.1, -0.05) is 40.2 Å². The predicted molar refractivity (Wildman–Crippen MR) is 121 cm³/mol. The van der Waals surface area contributed by atoms with Crippen molar-refractivity contribution in [3.05, 3.63) is 57.6 Å². The highest BCUT2D eigenvalue weighted by atomic mass is 79.9. The van der Waals surface area contributed by atoms with Gasteiger partial charge in [0.2, 0.25) is 5.91 Å². The molecule has 0 aromatic heterocycles. The van der Waals surface area contributed by atoms with E-state index in [1.54, 1.807) is 12.1 Å². The van der Waals surface area contributed by atoms with Crippen LogP contribution in [0.2, 0.25) is 0 Å². The highest BCUT2D eigenvalue weighted by molar-refractivity contribution is 9.10. The van der Waals surface area contributed by atoms with Crippen LogP contribution in [0.15, 0.2) is 40.9 Å². The minimum atomic E-state index is -0.237. The lowest BCUT2D eigenvalue weighted by molar-refractivity contribution is -0.131. The lowest BCUT2D eigenvalue weighted by Crippen LogP contribution is -2.48. The molecule has 5 rings (SSSR count). The van der Waals surface area contributed by atoms with Gasteiger partial charge >= 0.3 is 6.09 Å². The lowest BCUT2D eigenvalue weighted by Gasteiger charge is -2.38. The summed E-state index contributed by atoms with van der Waals surface area (Å²) >= 11 is 3.42. The number of aromatic hydroxyl groups is 1. The van der Waals surface area contributed by atoms with Crippen LogP contribution in [0.3, 0.4) is 0 Å². The number of nitrogens with zero attached hydrogens (tertiary/aromatic N) is 2. The fraction of sp³-hybridized carbons (Fsp3) is 0.417. The normalized spacial score (nSPS) is 22.5. The number of carbonyl (C=O) groups excluding carboxylic acids is 2. The van der Waals surface area contributed by atoms with Crippen molar-refractivity contribution in [1.29, 1.82) is 0 Å². The molecule has 1 aliphatic carbocycles. The second-order valence-corrected chi connectivity index (χ2v) is 9.44. The van der Waals surface area contributed by atoms with Crippen LogP contribution in [-0.2, 0) is 22.4 Å². The first-order valence-corrected chi connectivity index (χ1v) is 11.7. The van der Waals surface area contributed by atoms with Crippen LogP contribution in [0.4, 0.5) is 4.79 Å². The van der Waals surface area contributed by atoms with Gasteiger partial charge in [-0.15, -0.1) is 0 Å². The van der Waals surface area contributed by atoms with E-state index in [4.69, 9.17) is 9.47 Å². The second kappa shape index (κ2) is 8.31. The fourth-order valence-corrected chi connectivity index (χ4v) is 5.68. The lowest BCUT2D eigenvalue weighted by atomic mass is 9.98. The zero-order chi connectivity index (χ0) is 22.4. The average Bonchev–Trinajstić information content (AvgIpc) is 3.29. The Kier molecular flexibility index (Phi) is 5.49. The van der Waals surface area contributed by atoms with Gasteiger partial charge in [-0.25, -0.2) is 4.79 Å². The molecule has 2 amide bonds. The Labute approximate surface area is 195 Å². The number of ether oxygens (including phenoxy) is 2. The molecule has 2 heterocycles. The van der Waals surface area contributed by atoms with Gasteiger partial charge in [0, 0.05) is 30.0 Å². The van der Waals surface area contributed by atoms with E-state index in [2.05, 4.69) is 28.1 Å². The molecule has 2 fully saturated rings. The van der Waals surface area contributed by atoms with E-state index in [9.17, 15) is 14.7 Å². The van der Waals surface area contributed by atoms with Crippen LogP contribution >= 0.6 is 15.9 Å². The quantitative estimate of drug-likeness (QED) is 0.690. The van der Waals surface area contributed by atoms with E-state index in [0.717, 1.165) is 24.8 Å². The number of benzene rings is 2. The largest absolute Gasteiger partial charge is 0.504 e. The number of phenols is 1. The summed E-state index contributed by atoms with van der Waals surface area (Å²) in [6, 6.07) is 11.5. The number of methoxy groups -OCH3 is 1. The number of phenolic OH excluding ortho intramolecular Hbond substituents is 1. The Morgan fingerprint density at radius 3 is 2.75 bits per heavy atom. The maximum atomic E-state index is 12.9. The van der Waals surface area contributed by atoms with Gasteiger partial charge in [-0.05, 0) is 41.7 Å². The minimum absolute atomic E-state index is 0.0185. The second-order valence-electron chi connectivity index (χ2n) is 8.58. The zero-order valence-corrected chi connectivity index (χ0v) is 19.4. The summed E-state index contributed by atoms with van der Waals surface area (Å²) < 4.78 is 11.5. The van der Waals surface area contributed by atoms with E-state index >= 15 is 0 Å². The molecule has 1 N–H and O–H groups in total. The summed E-state index contributed by atoms with van der Waals surface area (Å²) in [7, 11) is 1.48. The summed E-state index contributed by atoms with van der Waals surface area (Å²) in [6.45, 7) is 1.19. The first kappa shape index (κ1) is 21.1. The molecule has 32 heavy (non-hydrogen) atoms. The molecule has 0 bridgehead atoms. The van der Waals surface area contributed by atoms with Gasteiger partial charge < -0.3 is 19.5 Å². The van der Waals surface area contributed by atoms with Crippen LogP contribution in [0.5, 0.6) is 11.5 Å². The maximum Gasteiger partial charge on any atom is 0.411 e. The first-order chi connectivity index (χ1) is 15.5. The minimum Gasteiger partial charge on any atom is -0.504 e. The van der Waals surface area contributed by atoms with Crippen LogP contribution in [0, 0.1) is 0 Å². The zero-order valence-electron chi connectivity index (χ0n) is 17.8. The molecule has 2 aliphatic heterocycles. The van der Waals surface area contributed by atoms with Gasteiger partial charge in [-0.2, -0.15) is 0 Å². The van der Waals surface area contributed by atoms with E-state index in [0.29, 0.717) is 23.3 Å². The van der Waals surface area contributed by atoms with Gasteiger partial charge in [0.1, 0.15) is 6.10 Å². The molecule has 0 radical (unpaired) electrons. The van der Waals surface area contributed by atoms with Gasteiger partial charge in [0.25, 0.3) is 0 Å². The highest BCUT2D eigenvalue weighted by Gasteiger charge is 2.50. The Balaban J connectivity index is 1.25. The molecular formula is C24H25BrN2O5. The predicted octanol–water partition coefficient (Wildman–Crippen LogP) is 3.82. The van der Waals surface area contributed by atoms with Crippen molar-refractivity contribution >= 4 is 27.9 Å². The molecule has 8 heteroatoms. The number of hydrogen-bond donors (Lipinski definition) is 1. The van der Waals surface area contributed by atoms with Crippen LogP contribution < -0.4 is 4.74 Å². The third-order valence-electron chi connectivity index (χ3n) is 6.81. The average molecular weight is 501 g/mol. The van der Waals surface area contributed by atoms with E-state index in [1.165, 1.54) is 18.2 Å². The standard InChI is InChI=1S/C24H25BrN2O5/c1-31-20-11-15(18(25)13-19(20)28)12-22(29)26-8-6-16(7-9-26)27-23-17-5-3-2-4-14(17)10-21(23)32-24(27)30/h2-5,11,13,16,21,23,28H,6-10,12H2,1H3/t21-,23+/m0/s1. The highest BCUT2D eigenvalue weighted by Crippen LogP contribution is 2.44. The van der Waals surface area contributed by atoms with E-state index in [1.807, 2.05) is 21.9 Å². The summed E-state index contributed by atoms with van der Waals surface area (Å²) in [5.41, 5.74) is 3.20. The van der Waals surface area contributed by atoms with Crippen molar-refractivity contribution < 1.29 is 24.2 Å². The molecule has 0 unspecified atom stereocenters. The number of amides is 2. The number of fused-ring (bicyclic) bond motifs is 3. The molecule has 2 aromatic rings. The number of hydrogen-bond acceptors (Lipinski definition) is 5. The Morgan fingerprint density at radius 1 is 1.25 bits per heavy atom. The Hall–Kier alpha value is -2.74. The summed E-state index contributed by atoms with van der Waals surface area (Å²) in [5, 5.41) is 9.89. The van der Waals surface area contributed by atoms with Gasteiger partial charge in [0.05, 0.1) is 19.6 Å². The van der Waals surface area contributed by atoms with Gasteiger partial charge in [-0.3, -0.25) is 9.69 Å². The number of piperidine rings is 1. The van der Waals surface area contributed by atoms with Crippen molar-refractivity contribution in [1.82, 2.24) is 9.80 Å². The number of rotatable bonds is 4. The maximum absolute atomic E-state index is 12.9. The Morgan fingerprint density at radius 2 is 2.00 bits per heavy atom. The smallest absolute Gasteiger partial charge is 0.411 e. The number of carbonyl (C=O) groups is 2. The monoisotopic (exact) mass is 500 g/mol. The third kappa shape index (κ3) is 3.60. The molecule has 2 saturated heterocycles. The van der Waals surface area contributed by atoms with Crippen molar-refractivity contribution in [2.45, 2.75) is 43.9 Å². The van der Waals surface area contributed by atoms with Crippen LogP contribution in [-0.4, -0.2) is 59.3 Å². The van der Waals surface area contributed by atoms with Crippen LogP contribution in [0.1, 0.15) is 35.6 Å². The molecule has 2 atom stereocenters. The van der Waals surface area contributed by atoms with Crippen molar-refractivity contribution in [2.75, 3.05) is 20.2 Å². The summed E-state index contributed by atoms with van der Waals surface area (Å²) in [5.74, 6) is 0.388. The van der Waals surface area contributed by atoms with E-state index in [-0.39, 0.29) is 42.4 Å². The van der Waals surface area contributed by atoms with Crippen molar-refractivity contribution in [2.24, 2.45) is 0 Å². The fourth-order valence-electron chi connectivity index (χ4n) is 5.20. The molecular weight excluding hydrogens is 476 g/mol. The molecule has 3 aliphatic rings. The summed E-state index contributed by atoms with van der Waals surface area (Å²) in [6.07, 6.45) is 2.09. The SMILES string of the molecule is COc1cc(CC(=O)N2CCC(N3C(=O)O[C@H]4Cc5ccccc5[C@H]43)CC2)c(Br)cc1O. The first-order valence-electron chi connectivity index (χ1n) is 10.9. The van der Waals surface area contributed by atoms with Crippen LogP contribution in [0.25, 0.3) is 0 Å². The summed E-state index contributed by atoms with van der Waals surface area (Å²) in [4.78, 5) is 29.4. The molecule has 0 spiro atoms. The van der Waals surface area contributed by atoms with Crippen molar-refractivity contribution in [3.8, 4) is 11.5 Å². The van der Waals surface area contributed by atoms with Crippen molar-refractivity contribution in [3.63, 3.8) is 0 Å². The molecule has 168 valence electrons. The number of likely N-dealkylation sites (tertiary alicyclic amines) is 1. The van der Waals surface area contributed by atoms with E-state index < -0.39 is 0 Å². The molecule has 2 aromatic carbocycles.